The molecule has 1 aromatic heterocycles. The zero-order chi connectivity index (χ0) is 13.7. The third-order valence-corrected chi connectivity index (χ3v) is 3.03. The fraction of sp³-hybridized carbons (Fsp3) is 0.267. The Bertz CT molecular complexity index is 544. The molecule has 0 aliphatic heterocycles. The minimum atomic E-state index is 0.0198. The number of hydrogen-bond acceptors (Lipinski definition) is 2. The summed E-state index contributed by atoms with van der Waals surface area (Å²) < 4.78 is 7.10. The minimum Gasteiger partial charge on any atom is -0.497 e. The maximum absolute atomic E-state index is 11.8. The van der Waals surface area contributed by atoms with Crippen molar-refractivity contribution in [1.29, 1.82) is 0 Å². The summed E-state index contributed by atoms with van der Waals surface area (Å²) in [5, 5.41) is 2.87. The summed E-state index contributed by atoms with van der Waals surface area (Å²) in [6, 6.07) is 11.3. The first-order valence-corrected chi connectivity index (χ1v) is 6.23. The SMILES string of the molecule is COc1ccc(NC(=O)CCc2cccn2C)cc1. The molecule has 0 bridgehead atoms. The molecule has 0 unspecified atom stereocenters. The number of nitrogens with one attached hydrogen (secondary N) is 1. The summed E-state index contributed by atoms with van der Waals surface area (Å²) in [5.41, 5.74) is 1.95. The average molecular weight is 258 g/mol. The molecular weight excluding hydrogens is 240 g/mol. The van der Waals surface area contributed by atoms with E-state index in [9.17, 15) is 4.79 Å². The molecule has 2 rings (SSSR count). The second kappa shape index (κ2) is 6.09. The molecule has 2 aromatic rings. The van der Waals surface area contributed by atoms with Crippen molar-refractivity contribution in [1.82, 2.24) is 4.57 Å². The zero-order valence-electron chi connectivity index (χ0n) is 11.2. The van der Waals surface area contributed by atoms with E-state index in [4.69, 9.17) is 4.74 Å². The first kappa shape index (κ1) is 13.2. The summed E-state index contributed by atoms with van der Waals surface area (Å²) >= 11 is 0. The van der Waals surface area contributed by atoms with Crippen LogP contribution in [0.4, 0.5) is 5.69 Å². The first-order valence-electron chi connectivity index (χ1n) is 6.23. The number of aryl methyl sites for hydroxylation is 2. The Morgan fingerprint density at radius 1 is 1.26 bits per heavy atom. The summed E-state index contributed by atoms with van der Waals surface area (Å²) in [6.45, 7) is 0. The molecule has 0 atom stereocenters. The van der Waals surface area contributed by atoms with Gasteiger partial charge in [0.15, 0.2) is 0 Å². The molecule has 4 heteroatoms. The predicted octanol–water partition coefficient (Wildman–Crippen LogP) is 2.61. The van der Waals surface area contributed by atoms with E-state index in [-0.39, 0.29) is 5.91 Å². The third kappa shape index (κ3) is 3.61. The molecule has 0 aliphatic carbocycles. The lowest BCUT2D eigenvalue weighted by Crippen LogP contribution is -2.13. The van der Waals surface area contributed by atoms with Gasteiger partial charge in [-0.15, -0.1) is 0 Å². The van der Waals surface area contributed by atoms with Crippen molar-refractivity contribution in [2.45, 2.75) is 12.8 Å². The van der Waals surface area contributed by atoms with Crippen molar-refractivity contribution in [2.24, 2.45) is 7.05 Å². The molecule has 0 spiro atoms. The maximum Gasteiger partial charge on any atom is 0.224 e. The average Bonchev–Trinajstić information content (AvgIpc) is 2.83. The van der Waals surface area contributed by atoms with E-state index < -0.39 is 0 Å². The Balaban J connectivity index is 1.85. The monoisotopic (exact) mass is 258 g/mol. The second-order valence-corrected chi connectivity index (χ2v) is 4.39. The van der Waals surface area contributed by atoms with Crippen molar-refractivity contribution < 1.29 is 9.53 Å². The number of anilines is 1. The molecule has 100 valence electrons. The lowest BCUT2D eigenvalue weighted by molar-refractivity contribution is -0.116. The molecule has 0 aliphatic rings. The summed E-state index contributed by atoms with van der Waals surface area (Å²) in [4.78, 5) is 11.8. The van der Waals surface area contributed by atoms with Crippen molar-refractivity contribution in [3.05, 3.63) is 48.3 Å². The van der Waals surface area contributed by atoms with Crippen molar-refractivity contribution in [3.63, 3.8) is 0 Å². The van der Waals surface area contributed by atoms with Crippen LogP contribution in [0.5, 0.6) is 5.75 Å². The number of hydrogen-bond donors (Lipinski definition) is 1. The largest absolute Gasteiger partial charge is 0.497 e. The Labute approximate surface area is 113 Å². The van der Waals surface area contributed by atoms with Crippen molar-refractivity contribution in [3.8, 4) is 5.75 Å². The van der Waals surface area contributed by atoms with Crippen LogP contribution in [-0.2, 0) is 18.3 Å². The Hall–Kier alpha value is -2.23. The van der Waals surface area contributed by atoms with E-state index in [2.05, 4.69) is 5.32 Å². The molecule has 4 nitrogen and oxygen atoms in total. The van der Waals surface area contributed by atoms with Gasteiger partial charge >= 0.3 is 0 Å². The Morgan fingerprint density at radius 2 is 2.00 bits per heavy atom. The van der Waals surface area contributed by atoms with Crippen LogP contribution in [0.25, 0.3) is 0 Å². The van der Waals surface area contributed by atoms with Gasteiger partial charge in [0.25, 0.3) is 0 Å². The van der Waals surface area contributed by atoms with Gasteiger partial charge in [-0.1, -0.05) is 0 Å². The van der Waals surface area contributed by atoms with Crippen LogP contribution in [-0.4, -0.2) is 17.6 Å². The van der Waals surface area contributed by atoms with Gasteiger partial charge in [0.1, 0.15) is 5.75 Å². The lowest BCUT2D eigenvalue weighted by atomic mass is 10.2. The van der Waals surface area contributed by atoms with Crippen LogP contribution in [0.15, 0.2) is 42.6 Å². The van der Waals surface area contributed by atoms with E-state index >= 15 is 0 Å². The number of amides is 1. The molecule has 1 aromatic carbocycles. The molecule has 0 fully saturated rings. The van der Waals surface area contributed by atoms with Gasteiger partial charge in [-0.25, -0.2) is 0 Å². The fourth-order valence-electron chi connectivity index (χ4n) is 1.90. The smallest absolute Gasteiger partial charge is 0.224 e. The molecule has 0 saturated heterocycles. The summed E-state index contributed by atoms with van der Waals surface area (Å²) in [6.07, 6.45) is 3.20. The van der Waals surface area contributed by atoms with Crippen LogP contribution in [0.1, 0.15) is 12.1 Å². The number of carbonyl (C=O) groups is 1. The Kier molecular flexibility index (Phi) is 4.23. The summed E-state index contributed by atoms with van der Waals surface area (Å²) in [7, 11) is 3.60. The highest BCUT2D eigenvalue weighted by molar-refractivity contribution is 5.90. The number of ether oxygens (including phenoxy) is 1. The fourth-order valence-corrected chi connectivity index (χ4v) is 1.90. The zero-order valence-corrected chi connectivity index (χ0v) is 11.2. The number of benzene rings is 1. The molecule has 0 saturated carbocycles. The number of rotatable bonds is 5. The second-order valence-electron chi connectivity index (χ2n) is 4.39. The molecular formula is C15H18N2O2. The standard InChI is InChI=1S/C15H18N2O2/c1-17-11-3-4-13(17)7-10-15(18)16-12-5-8-14(19-2)9-6-12/h3-6,8-9,11H,7,10H2,1-2H3,(H,16,18). The van der Waals surface area contributed by atoms with Crippen LogP contribution in [0.3, 0.4) is 0 Å². The highest BCUT2D eigenvalue weighted by atomic mass is 16.5. The molecule has 19 heavy (non-hydrogen) atoms. The van der Waals surface area contributed by atoms with E-state index in [1.807, 2.05) is 54.2 Å². The predicted molar refractivity (Wildman–Crippen MR) is 75.4 cm³/mol. The van der Waals surface area contributed by atoms with E-state index in [1.165, 1.54) is 0 Å². The molecule has 0 radical (unpaired) electrons. The van der Waals surface area contributed by atoms with Gasteiger partial charge in [0.05, 0.1) is 7.11 Å². The van der Waals surface area contributed by atoms with Crippen LogP contribution in [0, 0.1) is 0 Å². The normalized spacial score (nSPS) is 10.2. The molecule has 1 amide bonds. The quantitative estimate of drug-likeness (QED) is 0.895. The Morgan fingerprint density at radius 3 is 2.58 bits per heavy atom. The first-order chi connectivity index (χ1) is 9.19. The number of methoxy groups -OCH3 is 1. The summed E-state index contributed by atoms with van der Waals surface area (Å²) in [5.74, 6) is 0.799. The van der Waals surface area contributed by atoms with E-state index in [0.717, 1.165) is 23.6 Å². The van der Waals surface area contributed by atoms with Gasteiger partial charge in [-0.3, -0.25) is 4.79 Å². The van der Waals surface area contributed by atoms with Gasteiger partial charge in [0.2, 0.25) is 5.91 Å². The van der Waals surface area contributed by atoms with E-state index in [0.29, 0.717) is 6.42 Å². The number of aromatic nitrogens is 1. The number of nitrogens with zero attached hydrogens (tertiary/aromatic N) is 1. The van der Waals surface area contributed by atoms with Gasteiger partial charge < -0.3 is 14.6 Å². The van der Waals surface area contributed by atoms with Gasteiger partial charge in [0, 0.05) is 31.0 Å². The van der Waals surface area contributed by atoms with Crippen LogP contribution in [0.2, 0.25) is 0 Å². The highest BCUT2D eigenvalue weighted by Crippen LogP contribution is 2.15. The van der Waals surface area contributed by atoms with Gasteiger partial charge in [-0.05, 0) is 42.8 Å². The topological polar surface area (TPSA) is 43.3 Å². The van der Waals surface area contributed by atoms with Crippen molar-refractivity contribution >= 4 is 11.6 Å². The lowest BCUT2D eigenvalue weighted by Gasteiger charge is -2.07. The van der Waals surface area contributed by atoms with Crippen LogP contribution >= 0.6 is 0 Å². The molecule has 1 heterocycles. The highest BCUT2D eigenvalue weighted by Gasteiger charge is 2.05. The van der Waals surface area contributed by atoms with Crippen molar-refractivity contribution in [2.75, 3.05) is 12.4 Å². The van der Waals surface area contributed by atoms with Gasteiger partial charge in [-0.2, -0.15) is 0 Å². The van der Waals surface area contributed by atoms with Crippen LogP contribution < -0.4 is 10.1 Å². The molecule has 1 N–H and O–H groups in total. The maximum atomic E-state index is 11.8. The number of carbonyl (C=O) groups excluding carboxylic acids is 1. The minimum absolute atomic E-state index is 0.0198. The van der Waals surface area contributed by atoms with E-state index in [1.54, 1.807) is 7.11 Å². The third-order valence-electron chi connectivity index (χ3n) is 3.03.